The number of fused-ring (bicyclic) bond motifs is 1. The first-order valence-electron chi connectivity index (χ1n) is 16.7. The van der Waals surface area contributed by atoms with Gasteiger partial charge in [-0.15, -0.1) is 0 Å². The van der Waals surface area contributed by atoms with Crippen LogP contribution in [0.5, 0.6) is 0 Å². The lowest BCUT2D eigenvalue weighted by Crippen LogP contribution is -2.46. The number of anilines is 1. The molecule has 10 N–H and O–H groups in total. The summed E-state index contributed by atoms with van der Waals surface area (Å²) in [6.45, 7) is 0.475. The molecule has 57 heavy (non-hydrogen) atoms. The zero-order valence-corrected chi connectivity index (χ0v) is 33.7. The summed E-state index contributed by atoms with van der Waals surface area (Å²) in [7, 11) is -16.4. The number of thioether (sulfide) groups is 1. The average molecular weight is 886 g/mol. The quantitative estimate of drug-likeness (QED) is 0.0498. The topological polar surface area (TPSA) is 364 Å². The van der Waals surface area contributed by atoms with Crippen LogP contribution in [0.15, 0.2) is 43.0 Å². The number of hydrogen-bond donors (Lipinski definition) is 9. The molecule has 3 aromatic rings. The summed E-state index contributed by atoms with van der Waals surface area (Å²) in [5.74, 6) is -1.13. The van der Waals surface area contributed by atoms with Gasteiger partial charge in [0, 0.05) is 37.1 Å². The van der Waals surface area contributed by atoms with Crippen LogP contribution in [0.1, 0.15) is 32.1 Å². The number of ether oxygens (including phenoxy) is 1. The third-order valence-electron chi connectivity index (χ3n) is 7.96. The number of carbonyl (C=O) groups excluding carboxylic acids is 3. The Kier molecular flexibility index (Phi) is 16.1. The number of imidazole rings is 1. The molecule has 4 rings (SSSR count). The zero-order chi connectivity index (χ0) is 42.2. The van der Waals surface area contributed by atoms with Gasteiger partial charge in [-0.2, -0.15) is 4.31 Å². The number of carbonyl (C=O) groups is 3. The lowest BCUT2D eigenvalue weighted by atomic mass is 9.87. The molecule has 1 aliphatic rings. The fourth-order valence-electron chi connectivity index (χ4n) is 5.11. The molecule has 0 saturated carbocycles. The van der Waals surface area contributed by atoms with E-state index in [-0.39, 0.29) is 48.0 Å². The maximum absolute atomic E-state index is 12.7. The maximum Gasteiger partial charge on any atom is 0.481 e. The van der Waals surface area contributed by atoms with Crippen LogP contribution in [0.3, 0.4) is 0 Å². The molecule has 2 unspecified atom stereocenters. The number of nitrogens with one attached hydrogen (secondary N) is 2. The highest BCUT2D eigenvalue weighted by molar-refractivity contribution is 8.13. The molecule has 0 spiro atoms. The van der Waals surface area contributed by atoms with Crippen LogP contribution in [-0.2, 0) is 57.1 Å². The Morgan fingerprint density at radius 1 is 1.02 bits per heavy atom. The van der Waals surface area contributed by atoms with Crippen molar-refractivity contribution in [2.45, 2.75) is 57.3 Å². The summed E-state index contributed by atoms with van der Waals surface area (Å²) in [5.41, 5.74) is 5.13. The van der Waals surface area contributed by atoms with E-state index in [1.165, 1.54) is 13.8 Å². The third-order valence-corrected chi connectivity index (χ3v) is 11.9. The van der Waals surface area contributed by atoms with Crippen LogP contribution < -0.4 is 16.4 Å². The monoisotopic (exact) mass is 885 g/mol. The fraction of sp³-hybridized carbons (Fsp3) is 0.517. The lowest BCUT2D eigenvalue weighted by molar-refractivity contribution is -0.137. The van der Waals surface area contributed by atoms with Crippen molar-refractivity contribution in [1.29, 1.82) is 0 Å². The number of phosphoric ester groups is 3. The Hall–Kier alpha value is -3.22. The lowest BCUT2D eigenvalue weighted by Gasteiger charge is -2.30. The molecule has 2 aromatic heterocycles. The van der Waals surface area contributed by atoms with Gasteiger partial charge in [-0.1, -0.05) is 55.9 Å². The molecular formula is C29H42N7O17P3S. The molecule has 7 atom stereocenters. The SMILES string of the molecule is CC(C)(COP(=O)(O)OP(=O)(O)OC[C@H]1O[C@@H](n2cnc3c(N)ncnc32)[C@@H](O)[C@H]1OP(=O)(O)O)[C@@H](O)C(=O)NCCC(=O)NCCSC(=O)Cc1ccccc1. The van der Waals surface area contributed by atoms with Gasteiger partial charge in [-0.3, -0.25) is 32.5 Å². The van der Waals surface area contributed by atoms with Gasteiger partial charge >= 0.3 is 23.5 Å². The van der Waals surface area contributed by atoms with E-state index in [9.17, 15) is 57.9 Å². The second kappa shape index (κ2) is 19.7. The van der Waals surface area contributed by atoms with Crippen molar-refractivity contribution >= 4 is 69.1 Å². The van der Waals surface area contributed by atoms with Crippen molar-refractivity contribution in [2.24, 2.45) is 5.41 Å². The van der Waals surface area contributed by atoms with Crippen molar-refractivity contribution in [3.05, 3.63) is 48.5 Å². The number of nitrogens with zero attached hydrogens (tertiary/aromatic N) is 4. The highest BCUT2D eigenvalue weighted by Gasteiger charge is 2.50. The molecule has 24 nitrogen and oxygen atoms in total. The summed E-state index contributed by atoms with van der Waals surface area (Å²) >= 11 is 1.07. The van der Waals surface area contributed by atoms with Gasteiger partial charge in [0.15, 0.2) is 22.8 Å². The van der Waals surface area contributed by atoms with Crippen molar-refractivity contribution in [1.82, 2.24) is 30.2 Å². The van der Waals surface area contributed by atoms with E-state index in [1.54, 1.807) is 0 Å². The molecule has 1 fully saturated rings. The van der Waals surface area contributed by atoms with Crippen molar-refractivity contribution in [2.75, 3.05) is 37.8 Å². The summed E-state index contributed by atoms with van der Waals surface area (Å²) in [6, 6.07) is 9.16. The first-order valence-corrected chi connectivity index (χ1v) is 22.2. The van der Waals surface area contributed by atoms with Gasteiger partial charge in [0.1, 0.15) is 36.3 Å². The fourth-order valence-corrected chi connectivity index (χ4v) is 8.64. The Labute approximate surface area is 328 Å². The van der Waals surface area contributed by atoms with Crippen molar-refractivity contribution < 1.29 is 80.5 Å². The number of nitrogens with two attached hydrogens (primary N) is 1. The van der Waals surface area contributed by atoms with Crippen LogP contribution >= 0.6 is 35.2 Å². The van der Waals surface area contributed by atoms with E-state index >= 15 is 0 Å². The Morgan fingerprint density at radius 2 is 1.70 bits per heavy atom. The number of aromatic nitrogens is 4. The highest BCUT2D eigenvalue weighted by atomic mass is 32.2. The van der Waals surface area contributed by atoms with Gasteiger partial charge in [-0.05, 0) is 5.56 Å². The molecule has 1 aliphatic heterocycles. The normalized spacial score (nSPS) is 21.4. The molecule has 0 radical (unpaired) electrons. The second-order valence-corrected chi connectivity index (χ2v) is 18.3. The third kappa shape index (κ3) is 13.9. The van der Waals surface area contributed by atoms with Crippen molar-refractivity contribution in [3.63, 3.8) is 0 Å². The van der Waals surface area contributed by atoms with Crippen LogP contribution in [-0.4, -0.2) is 123 Å². The van der Waals surface area contributed by atoms with Gasteiger partial charge in [-0.25, -0.2) is 28.6 Å². The first-order chi connectivity index (χ1) is 26.6. The summed E-state index contributed by atoms with van der Waals surface area (Å²) < 4.78 is 62.1. The predicted molar refractivity (Wildman–Crippen MR) is 197 cm³/mol. The largest absolute Gasteiger partial charge is 0.481 e. The standard InChI is InChI=1S/C29H42N7O17P3S/c1-29(2,24(40)27(41)32-9-8-19(37)31-10-11-57-20(38)12-17-6-4-3-5-7-17)14-50-56(47,48)53-55(45,46)49-13-18-23(52-54(42,43)44)22(39)28(51-18)36-16-35-21-25(30)33-15-34-26(21)36/h3-7,15-16,18,22-24,28,39-40H,8-14H2,1-2H3,(H,31,37)(H,32,41)(H,45,46)(H,47,48)(H2,30,33,34)(H2,42,43,44)/t18-,22+,23+,24+,28-/m1/s1. The number of hydrogen-bond acceptors (Lipinski definition) is 18. The number of rotatable bonds is 21. The zero-order valence-electron chi connectivity index (χ0n) is 30.2. The molecule has 28 heteroatoms. The Balaban J connectivity index is 1.22. The van der Waals surface area contributed by atoms with E-state index in [1.807, 2.05) is 30.3 Å². The summed E-state index contributed by atoms with van der Waals surface area (Å²) in [6.07, 6.45) is -6.68. The van der Waals surface area contributed by atoms with Crippen molar-refractivity contribution in [3.8, 4) is 0 Å². The average Bonchev–Trinajstić information content (AvgIpc) is 3.68. The number of phosphoric acid groups is 3. The molecule has 316 valence electrons. The first kappa shape index (κ1) is 46.5. The maximum atomic E-state index is 12.7. The van der Waals surface area contributed by atoms with E-state index < -0.39 is 84.6 Å². The molecular weight excluding hydrogens is 843 g/mol. The van der Waals surface area contributed by atoms with Gasteiger partial charge in [0.2, 0.25) is 11.8 Å². The van der Waals surface area contributed by atoms with Gasteiger partial charge in [0.05, 0.1) is 19.5 Å². The Bertz CT molecular complexity index is 2020. The number of amides is 2. The molecule has 1 aromatic carbocycles. The molecule has 2 amide bonds. The van der Waals surface area contributed by atoms with E-state index in [4.69, 9.17) is 19.5 Å². The van der Waals surface area contributed by atoms with E-state index in [0.717, 1.165) is 34.5 Å². The van der Waals surface area contributed by atoms with Crippen LogP contribution in [0.25, 0.3) is 11.2 Å². The van der Waals surface area contributed by atoms with Gasteiger partial charge < -0.3 is 50.9 Å². The Morgan fingerprint density at radius 3 is 2.39 bits per heavy atom. The molecule has 1 saturated heterocycles. The molecule has 3 heterocycles. The van der Waals surface area contributed by atoms with Crippen LogP contribution in [0, 0.1) is 5.41 Å². The molecule has 0 aliphatic carbocycles. The smallest absolute Gasteiger partial charge is 0.386 e. The minimum Gasteiger partial charge on any atom is -0.386 e. The van der Waals surface area contributed by atoms with Gasteiger partial charge in [0.25, 0.3) is 0 Å². The molecule has 0 bridgehead atoms. The highest BCUT2D eigenvalue weighted by Crippen LogP contribution is 2.61. The van der Waals surface area contributed by atoms with E-state index in [0.29, 0.717) is 5.75 Å². The minimum absolute atomic E-state index is 0.0296. The second-order valence-electron chi connectivity index (χ2n) is 13.0. The van der Waals surface area contributed by atoms with Crippen LogP contribution in [0.4, 0.5) is 5.82 Å². The summed E-state index contributed by atoms with van der Waals surface area (Å²) in [5, 5.41) is 26.3. The predicted octanol–water partition coefficient (Wildman–Crippen LogP) is -0.0926. The summed E-state index contributed by atoms with van der Waals surface area (Å²) in [4.78, 5) is 87.7. The van der Waals surface area contributed by atoms with E-state index in [2.05, 4.69) is 34.4 Å². The number of aliphatic hydroxyl groups excluding tert-OH is 2. The minimum atomic E-state index is -5.57. The number of benzene rings is 1. The number of nitrogen functional groups attached to an aromatic ring is 1. The van der Waals surface area contributed by atoms with Crippen LogP contribution in [0.2, 0.25) is 0 Å². The number of aliphatic hydroxyl groups is 2.